The third-order valence-electron chi connectivity index (χ3n) is 2.72. The third-order valence-corrected chi connectivity index (χ3v) is 5.90. The number of hydrogen-bond donors (Lipinski definition) is 1. The van der Waals surface area contributed by atoms with Crippen molar-refractivity contribution in [2.24, 2.45) is 0 Å². The Labute approximate surface area is 126 Å². The molecule has 0 bridgehead atoms. The first kappa shape index (κ1) is 17.1. The Balaban J connectivity index is 2.58. The molecule has 6 heteroatoms. The molecule has 0 atom stereocenters. The maximum atomic E-state index is 12.2. The van der Waals surface area contributed by atoms with Crippen LogP contribution in [0.1, 0.15) is 13.3 Å². The molecule has 0 saturated heterocycles. The van der Waals surface area contributed by atoms with Gasteiger partial charge in [-0.15, -0.1) is 18.3 Å². The van der Waals surface area contributed by atoms with Gasteiger partial charge in [0.15, 0.2) is 0 Å². The molecule has 0 saturated carbocycles. The van der Waals surface area contributed by atoms with Gasteiger partial charge in [0.2, 0.25) is 10.0 Å². The number of nitrogen functional groups attached to an aromatic ring is 1. The van der Waals surface area contributed by atoms with Crippen molar-refractivity contribution in [3.8, 4) is 0 Å². The highest BCUT2D eigenvalue weighted by Crippen LogP contribution is 2.24. The molecule has 0 aliphatic carbocycles. The van der Waals surface area contributed by atoms with Gasteiger partial charge in [0.1, 0.15) is 0 Å². The van der Waals surface area contributed by atoms with E-state index in [4.69, 9.17) is 5.73 Å². The van der Waals surface area contributed by atoms with E-state index in [2.05, 4.69) is 6.58 Å². The number of nitrogens with zero attached hydrogens (tertiary/aromatic N) is 1. The van der Waals surface area contributed by atoms with Crippen LogP contribution in [0.3, 0.4) is 0 Å². The lowest BCUT2D eigenvalue weighted by Crippen LogP contribution is -2.34. The Kier molecular flexibility index (Phi) is 7.12. The van der Waals surface area contributed by atoms with Gasteiger partial charge in [-0.25, -0.2) is 8.42 Å². The van der Waals surface area contributed by atoms with E-state index in [1.165, 1.54) is 16.1 Å². The van der Waals surface area contributed by atoms with Crippen LogP contribution in [-0.2, 0) is 10.0 Å². The highest BCUT2D eigenvalue weighted by molar-refractivity contribution is 8.00. The predicted molar refractivity (Wildman–Crippen MR) is 87.4 cm³/mol. The molecule has 0 aliphatic rings. The molecule has 0 unspecified atom stereocenters. The topological polar surface area (TPSA) is 63.4 Å². The zero-order chi connectivity index (χ0) is 15.0. The molecule has 1 aromatic carbocycles. The van der Waals surface area contributed by atoms with Gasteiger partial charge in [-0.3, -0.25) is 0 Å². The van der Waals surface area contributed by atoms with Crippen molar-refractivity contribution in [3.63, 3.8) is 0 Å². The lowest BCUT2D eigenvalue weighted by molar-refractivity contribution is 0.442. The van der Waals surface area contributed by atoms with Crippen LogP contribution in [0.4, 0.5) is 5.69 Å². The summed E-state index contributed by atoms with van der Waals surface area (Å²) in [6.45, 7) is 6.47. The molecule has 0 spiro atoms. The number of nitrogens with two attached hydrogens (primary N) is 1. The molecular weight excluding hydrogens is 292 g/mol. The minimum absolute atomic E-state index is 0.111. The van der Waals surface area contributed by atoms with Gasteiger partial charge in [-0.1, -0.05) is 25.1 Å². The van der Waals surface area contributed by atoms with E-state index >= 15 is 0 Å². The monoisotopic (exact) mass is 314 g/mol. The fraction of sp³-hybridized carbons (Fsp3) is 0.429. The zero-order valence-corrected chi connectivity index (χ0v) is 13.4. The molecule has 2 N–H and O–H groups in total. The van der Waals surface area contributed by atoms with E-state index in [9.17, 15) is 8.42 Å². The van der Waals surface area contributed by atoms with E-state index in [-0.39, 0.29) is 5.75 Å². The Hall–Kier alpha value is -0.980. The van der Waals surface area contributed by atoms with Crippen LogP contribution in [0, 0.1) is 0 Å². The molecule has 1 rings (SSSR count). The Bertz CT molecular complexity index is 530. The molecule has 0 radical (unpaired) electrons. The summed E-state index contributed by atoms with van der Waals surface area (Å²) in [6, 6.07) is 7.48. The summed E-state index contributed by atoms with van der Waals surface area (Å²) >= 11 is 1.47. The van der Waals surface area contributed by atoms with E-state index in [1.807, 2.05) is 31.2 Å². The van der Waals surface area contributed by atoms with Crippen molar-refractivity contribution >= 4 is 27.5 Å². The Morgan fingerprint density at radius 2 is 2.10 bits per heavy atom. The second kappa shape index (κ2) is 8.34. The maximum absolute atomic E-state index is 12.2. The molecule has 20 heavy (non-hydrogen) atoms. The summed E-state index contributed by atoms with van der Waals surface area (Å²) in [5.74, 6) is 0.605. The van der Waals surface area contributed by atoms with Gasteiger partial charge in [0, 0.05) is 29.4 Å². The minimum Gasteiger partial charge on any atom is -0.398 e. The first-order valence-corrected chi connectivity index (χ1v) is 9.16. The first-order valence-electron chi connectivity index (χ1n) is 6.57. The number of hydrogen-bond acceptors (Lipinski definition) is 4. The van der Waals surface area contributed by atoms with E-state index in [1.54, 1.807) is 6.08 Å². The molecule has 112 valence electrons. The quantitative estimate of drug-likeness (QED) is 0.432. The van der Waals surface area contributed by atoms with Gasteiger partial charge < -0.3 is 5.73 Å². The van der Waals surface area contributed by atoms with Crippen LogP contribution in [0.15, 0.2) is 41.8 Å². The van der Waals surface area contributed by atoms with Crippen molar-refractivity contribution in [2.75, 3.05) is 30.3 Å². The van der Waals surface area contributed by atoms with Crippen LogP contribution in [0.25, 0.3) is 0 Å². The molecule has 0 aliphatic heterocycles. The first-order chi connectivity index (χ1) is 9.51. The number of para-hydroxylation sites is 1. The van der Waals surface area contributed by atoms with Crippen LogP contribution < -0.4 is 5.73 Å². The summed E-state index contributed by atoms with van der Waals surface area (Å²) < 4.78 is 25.9. The molecular formula is C14H22N2O2S2. The van der Waals surface area contributed by atoms with Crippen LogP contribution in [0.2, 0.25) is 0 Å². The summed E-state index contributed by atoms with van der Waals surface area (Å²) in [7, 11) is -3.23. The Morgan fingerprint density at radius 1 is 1.40 bits per heavy atom. The van der Waals surface area contributed by atoms with E-state index in [0.717, 1.165) is 11.3 Å². The molecule has 0 amide bonds. The fourth-order valence-electron chi connectivity index (χ4n) is 1.74. The maximum Gasteiger partial charge on any atom is 0.215 e. The summed E-state index contributed by atoms with van der Waals surface area (Å²) in [5, 5.41) is 0. The van der Waals surface area contributed by atoms with E-state index in [0.29, 0.717) is 24.5 Å². The van der Waals surface area contributed by atoms with Crippen molar-refractivity contribution in [1.82, 2.24) is 4.31 Å². The SMILES string of the molecule is C=CCN(CCC)S(=O)(=O)CCSc1ccccc1N. The fourth-order valence-corrected chi connectivity index (χ4v) is 4.59. The lowest BCUT2D eigenvalue weighted by atomic mass is 10.3. The predicted octanol–water partition coefficient (Wildman–Crippen LogP) is 2.59. The molecule has 0 aromatic heterocycles. The smallest absolute Gasteiger partial charge is 0.215 e. The summed E-state index contributed by atoms with van der Waals surface area (Å²) in [6.07, 6.45) is 2.42. The van der Waals surface area contributed by atoms with Gasteiger partial charge >= 0.3 is 0 Å². The second-order valence-electron chi connectivity index (χ2n) is 4.35. The highest BCUT2D eigenvalue weighted by Gasteiger charge is 2.19. The highest BCUT2D eigenvalue weighted by atomic mass is 32.2. The third kappa shape index (κ3) is 5.19. The summed E-state index contributed by atoms with van der Waals surface area (Å²) in [5.41, 5.74) is 6.52. The van der Waals surface area contributed by atoms with Gasteiger partial charge in [-0.05, 0) is 18.6 Å². The second-order valence-corrected chi connectivity index (χ2v) is 7.57. The number of sulfonamides is 1. The van der Waals surface area contributed by atoms with E-state index < -0.39 is 10.0 Å². The average Bonchev–Trinajstić information content (AvgIpc) is 2.40. The van der Waals surface area contributed by atoms with Crippen LogP contribution >= 0.6 is 11.8 Å². The van der Waals surface area contributed by atoms with Crippen LogP contribution in [-0.4, -0.2) is 37.3 Å². The van der Waals surface area contributed by atoms with Gasteiger partial charge in [0.25, 0.3) is 0 Å². The zero-order valence-electron chi connectivity index (χ0n) is 11.8. The van der Waals surface area contributed by atoms with Gasteiger partial charge in [-0.2, -0.15) is 4.31 Å². The lowest BCUT2D eigenvalue weighted by Gasteiger charge is -2.19. The summed E-state index contributed by atoms with van der Waals surface area (Å²) in [4.78, 5) is 0.925. The molecule has 1 aromatic rings. The Morgan fingerprint density at radius 3 is 2.70 bits per heavy atom. The number of thioether (sulfide) groups is 1. The largest absolute Gasteiger partial charge is 0.398 e. The average molecular weight is 314 g/mol. The standard InChI is InChI=1S/C14H22N2O2S2/c1-3-9-16(10-4-2)20(17,18)12-11-19-14-8-6-5-7-13(14)15/h3,5-8H,1,4,9-12,15H2,2H3. The molecule has 0 heterocycles. The minimum atomic E-state index is -3.23. The number of rotatable bonds is 9. The van der Waals surface area contributed by atoms with Crippen molar-refractivity contribution in [1.29, 1.82) is 0 Å². The molecule has 4 nitrogen and oxygen atoms in total. The van der Waals surface area contributed by atoms with Crippen LogP contribution in [0.5, 0.6) is 0 Å². The number of benzene rings is 1. The normalized spacial score (nSPS) is 11.7. The van der Waals surface area contributed by atoms with Crippen molar-refractivity contribution < 1.29 is 8.42 Å². The van der Waals surface area contributed by atoms with Crippen molar-refractivity contribution in [2.45, 2.75) is 18.2 Å². The van der Waals surface area contributed by atoms with Crippen molar-refractivity contribution in [3.05, 3.63) is 36.9 Å². The number of anilines is 1. The molecule has 0 fully saturated rings. The van der Waals surface area contributed by atoms with Gasteiger partial charge in [0.05, 0.1) is 5.75 Å².